The van der Waals surface area contributed by atoms with Gasteiger partial charge in [0, 0.05) is 6.54 Å². The fraction of sp³-hybridized carbons (Fsp3) is 0.500. The number of hydrogen-bond donors (Lipinski definition) is 3. The number of nitrogens with one attached hydrogen (secondary N) is 2. The Bertz CT molecular complexity index is 704. The SMILES string of the molecule is CC(C)(C(=O)NO)S(=O)(=O)NCCCOc1ccc(OC(F)(F)F)cc1. The molecule has 0 aliphatic heterocycles. The summed E-state index contributed by atoms with van der Waals surface area (Å²) in [5.74, 6) is -1.19. The van der Waals surface area contributed by atoms with Crippen LogP contribution in [0.5, 0.6) is 11.5 Å². The van der Waals surface area contributed by atoms with E-state index in [9.17, 15) is 26.4 Å². The van der Waals surface area contributed by atoms with Crippen LogP contribution in [0.3, 0.4) is 0 Å². The summed E-state index contributed by atoms with van der Waals surface area (Å²) < 4.78 is 69.4. The minimum Gasteiger partial charge on any atom is -0.494 e. The van der Waals surface area contributed by atoms with E-state index in [1.54, 1.807) is 0 Å². The molecule has 0 saturated carbocycles. The number of carbonyl (C=O) groups excluding carboxylic acids is 1. The standard InChI is InChI=1S/C14H19F3N2O6S/c1-13(2,12(20)19-21)26(22,23)18-8-3-9-24-10-4-6-11(7-5-10)25-14(15,16)17/h4-7,18,21H,3,8-9H2,1-2H3,(H,19,20). The Kier molecular flexibility index (Phi) is 7.24. The minimum absolute atomic E-state index is 0.0419. The van der Waals surface area contributed by atoms with E-state index in [-0.39, 0.29) is 31.1 Å². The van der Waals surface area contributed by atoms with Crippen molar-refractivity contribution < 1.29 is 41.1 Å². The first kappa shape index (κ1) is 22.0. The van der Waals surface area contributed by atoms with Crippen molar-refractivity contribution in [2.45, 2.75) is 31.4 Å². The van der Waals surface area contributed by atoms with E-state index in [1.807, 2.05) is 0 Å². The van der Waals surface area contributed by atoms with Crippen LogP contribution in [0.2, 0.25) is 0 Å². The van der Waals surface area contributed by atoms with Crippen LogP contribution in [0.15, 0.2) is 24.3 Å². The molecule has 12 heteroatoms. The highest BCUT2D eigenvalue weighted by Gasteiger charge is 2.41. The van der Waals surface area contributed by atoms with Crippen LogP contribution in [-0.4, -0.2) is 43.8 Å². The summed E-state index contributed by atoms with van der Waals surface area (Å²) in [6.45, 7) is 2.29. The third kappa shape index (κ3) is 6.35. The highest BCUT2D eigenvalue weighted by molar-refractivity contribution is 7.91. The molecule has 0 bridgehead atoms. The van der Waals surface area contributed by atoms with Gasteiger partial charge < -0.3 is 9.47 Å². The predicted octanol–water partition coefficient (Wildman–Crippen LogP) is 1.56. The Morgan fingerprint density at radius 1 is 1.15 bits per heavy atom. The van der Waals surface area contributed by atoms with Gasteiger partial charge in [-0.3, -0.25) is 10.0 Å². The molecule has 8 nitrogen and oxygen atoms in total. The first-order chi connectivity index (χ1) is 11.9. The third-order valence-corrected chi connectivity index (χ3v) is 5.37. The first-order valence-corrected chi connectivity index (χ1v) is 8.80. The maximum absolute atomic E-state index is 12.0. The lowest BCUT2D eigenvalue weighted by molar-refractivity contribution is -0.274. The van der Waals surface area contributed by atoms with Crippen LogP contribution >= 0.6 is 0 Å². The van der Waals surface area contributed by atoms with Gasteiger partial charge in [-0.1, -0.05) is 0 Å². The number of hydrogen-bond acceptors (Lipinski definition) is 6. The molecule has 26 heavy (non-hydrogen) atoms. The molecule has 0 unspecified atom stereocenters. The zero-order chi connectivity index (χ0) is 20.0. The van der Waals surface area contributed by atoms with Crippen molar-refractivity contribution >= 4 is 15.9 Å². The average molecular weight is 400 g/mol. The summed E-state index contributed by atoms with van der Waals surface area (Å²) in [7, 11) is -4.04. The summed E-state index contributed by atoms with van der Waals surface area (Å²) >= 11 is 0. The summed E-state index contributed by atoms with van der Waals surface area (Å²) in [6.07, 6.45) is -4.54. The number of alkyl halides is 3. The number of ether oxygens (including phenoxy) is 2. The van der Waals surface area contributed by atoms with Crippen LogP contribution in [0.25, 0.3) is 0 Å². The monoisotopic (exact) mass is 400 g/mol. The highest BCUT2D eigenvalue weighted by atomic mass is 32.2. The van der Waals surface area contributed by atoms with Gasteiger partial charge in [0.1, 0.15) is 11.5 Å². The van der Waals surface area contributed by atoms with E-state index in [4.69, 9.17) is 9.94 Å². The molecule has 0 atom stereocenters. The van der Waals surface area contributed by atoms with Crippen molar-refractivity contribution in [3.8, 4) is 11.5 Å². The van der Waals surface area contributed by atoms with Gasteiger partial charge in [0.15, 0.2) is 4.75 Å². The third-order valence-electron chi connectivity index (χ3n) is 3.26. The van der Waals surface area contributed by atoms with E-state index < -0.39 is 27.0 Å². The molecule has 0 spiro atoms. The minimum atomic E-state index is -4.78. The van der Waals surface area contributed by atoms with Crippen molar-refractivity contribution in [3.05, 3.63) is 24.3 Å². The van der Waals surface area contributed by atoms with Crippen molar-refractivity contribution in [1.82, 2.24) is 10.2 Å². The zero-order valence-corrected chi connectivity index (χ0v) is 14.8. The summed E-state index contributed by atoms with van der Waals surface area (Å²) in [4.78, 5) is 11.4. The fourth-order valence-electron chi connectivity index (χ4n) is 1.64. The number of amides is 1. The van der Waals surface area contributed by atoms with Gasteiger partial charge >= 0.3 is 6.36 Å². The van der Waals surface area contributed by atoms with Crippen molar-refractivity contribution in [2.24, 2.45) is 0 Å². The van der Waals surface area contributed by atoms with Crippen LogP contribution < -0.4 is 19.7 Å². The molecule has 0 aliphatic carbocycles. The molecule has 1 rings (SSSR count). The largest absolute Gasteiger partial charge is 0.573 e. The van der Waals surface area contributed by atoms with Crippen LogP contribution in [0.1, 0.15) is 20.3 Å². The fourth-order valence-corrected chi connectivity index (χ4v) is 2.71. The van der Waals surface area contributed by atoms with Gasteiger partial charge in [-0.2, -0.15) is 0 Å². The van der Waals surface area contributed by atoms with Gasteiger partial charge in [0.2, 0.25) is 10.0 Å². The van der Waals surface area contributed by atoms with Crippen LogP contribution in [0, 0.1) is 0 Å². The molecular weight excluding hydrogens is 381 g/mol. The predicted molar refractivity (Wildman–Crippen MR) is 84.2 cm³/mol. The number of sulfonamides is 1. The molecule has 0 saturated heterocycles. The Hall–Kier alpha value is -2.05. The number of halogens is 3. The topological polar surface area (TPSA) is 114 Å². The molecule has 0 radical (unpaired) electrons. The molecule has 0 aromatic heterocycles. The molecule has 0 fully saturated rings. The molecule has 1 aromatic carbocycles. The van der Waals surface area contributed by atoms with Gasteiger partial charge in [-0.15, -0.1) is 13.2 Å². The Balaban J connectivity index is 2.42. The Labute approximate surface area is 148 Å². The number of benzene rings is 1. The smallest absolute Gasteiger partial charge is 0.494 e. The van der Waals surface area contributed by atoms with Gasteiger partial charge in [0.25, 0.3) is 5.91 Å². The van der Waals surface area contributed by atoms with Crippen molar-refractivity contribution in [1.29, 1.82) is 0 Å². The summed E-state index contributed by atoms with van der Waals surface area (Å²) in [6, 6.07) is 4.73. The number of carbonyl (C=O) groups is 1. The van der Waals surface area contributed by atoms with Gasteiger partial charge in [-0.25, -0.2) is 18.6 Å². The molecule has 1 amide bonds. The maximum atomic E-state index is 12.0. The summed E-state index contributed by atoms with van der Waals surface area (Å²) in [5, 5.41) is 8.57. The van der Waals surface area contributed by atoms with Crippen molar-refractivity contribution in [2.75, 3.05) is 13.2 Å². The normalized spacial score (nSPS) is 12.5. The number of rotatable bonds is 9. The molecular formula is C14H19F3N2O6S. The van der Waals surface area contributed by atoms with E-state index in [0.717, 1.165) is 26.0 Å². The lowest BCUT2D eigenvalue weighted by atomic mass is 10.2. The molecule has 0 aliphatic rings. The van der Waals surface area contributed by atoms with Gasteiger partial charge in [-0.05, 0) is 44.5 Å². The second-order valence-corrected chi connectivity index (χ2v) is 7.89. The van der Waals surface area contributed by atoms with E-state index in [2.05, 4.69) is 9.46 Å². The lowest BCUT2D eigenvalue weighted by Crippen LogP contribution is -2.52. The molecule has 0 heterocycles. The van der Waals surface area contributed by atoms with Crippen LogP contribution in [0.4, 0.5) is 13.2 Å². The van der Waals surface area contributed by atoms with E-state index in [1.165, 1.54) is 17.6 Å². The molecule has 148 valence electrons. The maximum Gasteiger partial charge on any atom is 0.573 e. The zero-order valence-electron chi connectivity index (χ0n) is 14.0. The lowest BCUT2D eigenvalue weighted by Gasteiger charge is -2.22. The van der Waals surface area contributed by atoms with Crippen LogP contribution in [-0.2, 0) is 14.8 Å². The number of hydroxylamine groups is 1. The second-order valence-electron chi connectivity index (χ2n) is 5.57. The Morgan fingerprint density at radius 3 is 2.19 bits per heavy atom. The van der Waals surface area contributed by atoms with Crippen molar-refractivity contribution in [3.63, 3.8) is 0 Å². The summed E-state index contributed by atoms with van der Waals surface area (Å²) in [5.41, 5.74) is 1.29. The van der Waals surface area contributed by atoms with Gasteiger partial charge in [0.05, 0.1) is 6.61 Å². The first-order valence-electron chi connectivity index (χ1n) is 7.31. The molecule has 3 N–H and O–H groups in total. The quantitative estimate of drug-likeness (QED) is 0.329. The highest BCUT2D eigenvalue weighted by Crippen LogP contribution is 2.24. The molecule has 1 aromatic rings. The van der Waals surface area contributed by atoms with E-state index >= 15 is 0 Å². The average Bonchev–Trinajstić information content (AvgIpc) is 2.53. The van der Waals surface area contributed by atoms with E-state index in [0.29, 0.717) is 0 Å². The second kappa shape index (κ2) is 8.56. The Morgan fingerprint density at radius 2 is 1.69 bits per heavy atom.